The van der Waals surface area contributed by atoms with Crippen molar-refractivity contribution in [2.24, 2.45) is 23.2 Å². The zero-order chi connectivity index (χ0) is 25.3. The lowest BCUT2D eigenvalue weighted by Gasteiger charge is -2.50. The summed E-state index contributed by atoms with van der Waals surface area (Å²) in [5.41, 5.74) is 4.73. The number of carbonyl (C=O) groups excluding carboxylic acids is 2. The summed E-state index contributed by atoms with van der Waals surface area (Å²) in [5, 5.41) is 13.6. The molecule has 0 aromatic heterocycles. The van der Waals surface area contributed by atoms with Crippen LogP contribution < -0.4 is 5.32 Å². The van der Waals surface area contributed by atoms with Crippen molar-refractivity contribution in [3.05, 3.63) is 64.7 Å². The molecule has 4 unspecified atom stereocenters. The maximum atomic E-state index is 13.3. The van der Waals surface area contributed by atoms with Crippen molar-refractivity contribution >= 4 is 11.7 Å². The smallest absolute Gasteiger partial charge is 0.220 e. The maximum Gasteiger partial charge on any atom is 0.220 e. The van der Waals surface area contributed by atoms with Gasteiger partial charge in [0.25, 0.3) is 0 Å². The predicted molar refractivity (Wildman–Crippen MR) is 143 cm³/mol. The molecular weight excluding hydrogens is 446 g/mol. The molecule has 0 spiro atoms. The molecule has 5 rings (SSSR count). The lowest BCUT2D eigenvalue weighted by molar-refractivity contribution is -0.129. The fraction of sp³-hybridized carbons (Fsp3) is 0.562. The Morgan fingerprint density at radius 2 is 1.97 bits per heavy atom. The Balaban J connectivity index is 1.26. The number of benzene rings is 2. The van der Waals surface area contributed by atoms with Gasteiger partial charge in [-0.15, -0.1) is 0 Å². The minimum Gasteiger partial charge on any atom is -0.508 e. The van der Waals surface area contributed by atoms with E-state index < -0.39 is 0 Å². The lowest BCUT2D eigenvalue weighted by Crippen LogP contribution is -2.44. The highest BCUT2D eigenvalue weighted by molar-refractivity contribution is 5.87. The molecule has 5 atom stereocenters. The Labute approximate surface area is 215 Å². The van der Waals surface area contributed by atoms with Crippen molar-refractivity contribution in [3.8, 4) is 5.75 Å². The maximum absolute atomic E-state index is 13.3. The number of phenols is 1. The molecule has 36 heavy (non-hydrogen) atoms. The highest BCUT2D eigenvalue weighted by atomic mass is 16.3. The summed E-state index contributed by atoms with van der Waals surface area (Å²) in [6.07, 6.45) is 9.07. The Morgan fingerprint density at radius 3 is 2.75 bits per heavy atom. The van der Waals surface area contributed by atoms with E-state index in [1.54, 1.807) is 0 Å². The standard InChI is InChI=1S/C32H41NO3/c1-3-8-23-17-27-22(18-28(23)34)13-14-26-25(27)15-16-32(2)29(35)19-24(31(26)32)11-7-12-30(36)33-20-21-9-5-4-6-10-21/h4-6,9-10,17-18,24-26,31,34H,3,7-8,11-16,19-20H2,1-2H3,(H,33,36)/t24?,25?,26?,31?,32-/m1/s1. The highest BCUT2D eigenvalue weighted by Crippen LogP contribution is 2.62. The second-order valence-corrected chi connectivity index (χ2v) is 11.8. The summed E-state index contributed by atoms with van der Waals surface area (Å²) in [5.74, 6) is 2.81. The van der Waals surface area contributed by atoms with Gasteiger partial charge in [0.1, 0.15) is 11.5 Å². The van der Waals surface area contributed by atoms with Gasteiger partial charge in [0.15, 0.2) is 0 Å². The minimum atomic E-state index is -0.206. The van der Waals surface area contributed by atoms with Crippen LogP contribution >= 0.6 is 0 Å². The van der Waals surface area contributed by atoms with E-state index in [1.807, 2.05) is 36.4 Å². The van der Waals surface area contributed by atoms with E-state index in [2.05, 4.69) is 25.2 Å². The van der Waals surface area contributed by atoms with Gasteiger partial charge in [-0.05, 0) is 96.9 Å². The number of Topliss-reactive ketones (excluding diaryl/α,β-unsaturated/α-hetero) is 1. The largest absolute Gasteiger partial charge is 0.508 e. The second-order valence-electron chi connectivity index (χ2n) is 11.8. The van der Waals surface area contributed by atoms with E-state index in [4.69, 9.17) is 0 Å². The van der Waals surface area contributed by atoms with Crippen molar-refractivity contribution < 1.29 is 14.7 Å². The quantitative estimate of drug-likeness (QED) is 0.448. The van der Waals surface area contributed by atoms with E-state index in [-0.39, 0.29) is 11.3 Å². The number of aryl methyl sites for hydroxylation is 2. The molecule has 2 fully saturated rings. The summed E-state index contributed by atoms with van der Waals surface area (Å²) >= 11 is 0. The molecule has 4 nitrogen and oxygen atoms in total. The number of fused-ring (bicyclic) bond motifs is 5. The number of amides is 1. The number of hydrogen-bond acceptors (Lipinski definition) is 3. The summed E-state index contributed by atoms with van der Waals surface area (Å²) < 4.78 is 0. The van der Waals surface area contributed by atoms with Crippen molar-refractivity contribution in [2.45, 2.75) is 90.5 Å². The first-order valence-electron chi connectivity index (χ1n) is 14.1. The van der Waals surface area contributed by atoms with Crippen LogP contribution in [0.1, 0.15) is 93.4 Å². The van der Waals surface area contributed by atoms with Crippen LogP contribution in [0.25, 0.3) is 0 Å². The zero-order valence-corrected chi connectivity index (χ0v) is 21.9. The predicted octanol–water partition coefficient (Wildman–Crippen LogP) is 6.48. The SMILES string of the molecule is CCCc1cc2c(cc1O)CCC1C2CC[C@]2(C)C(=O)CC(CCCC(=O)NCc3ccccc3)C12. The van der Waals surface area contributed by atoms with Gasteiger partial charge in [0, 0.05) is 24.8 Å². The van der Waals surface area contributed by atoms with Gasteiger partial charge >= 0.3 is 0 Å². The number of aromatic hydroxyl groups is 1. The van der Waals surface area contributed by atoms with Crippen LogP contribution in [-0.2, 0) is 29.0 Å². The monoisotopic (exact) mass is 487 g/mol. The molecule has 2 aromatic carbocycles. The van der Waals surface area contributed by atoms with Crippen molar-refractivity contribution in [3.63, 3.8) is 0 Å². The van der Waals surface area contributed by atoms with E-state index in [1.165, 1.54) is 11.1 Å². The fourth-order valence-corrected chi connectivity index (χ4v) is 7.86. The van der Waals surface area contributed by atoms with E-state index in [0.29, 0.717) is 54.6 Å². The molecule has 4 heteroatoms. The first-order chi connectivity index (χ1) is 17.4. The Morgan fingerprint density at radius 1 is 1.17 bits per heavy atom. The van der Waals surface area contributed by atoms with Crippen LogP contribution in [0.5, 0.6) is 5.75 Å². The van der Waals surface area contributed by atoms with Gasteiger partial charge in [-0.3, -0.25) is 9.59 Å². The summed E-state index contributed by atoms with van der Waals surface area (Å²) in [6.45, 7) is 4.96. The van der Waals surface area contributed by atoms with Gasteiger partial charge in [0.05, 0.1) is 0 Å². The second kappa shape index (κ2) is 10.4. The molecule has 0 bridgehead atoms. The van der Waals surface area contributed by atoms with Crippen molar-refractivity contribution in [2.75, 3.05) is 0 Å². The van der Waals surface area contributed by atoms with Gasteiger partial charge in [-0.1, -0.05) is 56.7 Å². The van der Waals surface area contributed by atoms with Crippen molar-refractivity contribution in [1.29, 1.82) is 0 Å². The minimum absolute atomic E-state index is 0.0994. The Kier molecular flexibility index (Phi) is 7.23. The lowest BCUT2D eigenvalue weighted by atomic mass is 9.54. The van der Waals surface area contributed by atoms with Crippen LogP contribution in [0.2, 0.25) is 0 Å². The van der Waals surface area contributed by atoms with Gasteiger partial charge in [0.2, 0.25) is 5.91 Å². The molecule has 2 N–H and O–H groups in total. The average Bonchev–Trinajstić information content (AvgIpc) is 3.13. The van der Waals surface area contributed by atoms with Gasteiger partial charge in [-0.2, -0.15) is 0 Å². The van der Waals surface area contributed by atoms with Crippen LogP contribution in [-0.4, -0.2) is 16.8 Å². The molecule has 0 saturated heterocycles. The number of hydrogen-bond donors (Lipinski definition) is 2. The zero-order valence-electron chi connectivity index (χ0n) is 21.9. The summed E-state index contributed by atoms with van der Waals surface area (Å²) in [7, 11) is 0. The molecular formula is C32H41NO3. The molecule has 0 aliphatic heterocycles. The Bertz CT molecular complexity index is 1110. The molecule has 192 valence electrons. The van der Waals surface area contributed by atoms with E-state index in [0.717, 1.165) is 62.5 Å². The summed E-state index contributed by atoms with van der Waals surface area (Å²) in [4.78, 5) is 25.8. The van der Waals surface area contributed by atoms with Crippen LogP contribution in [0, 0.1) is 23.2 Å². The average molecular weight is 488 g/mol. The highest BCUT2D eigenvalue weighted by Gasteiger charge is 2.58. The molecule has 2 aromatic rings. The van der Waals surface area contributed by atoms with E-state index in [9.17, 15) is 14.7 Å². The number of carbonyl (C=O) groups is 2. The normalized spacial score (nSPS) is 28.8. The van der Waals surface area contributed by atoms with E-state index >= 15 is 0 Å². The molecule has 1 amide bonds. The van der Waals surface area contributed by atoms with Gasteiger partial charge in [-0.25, -0.2) is 0 Å². The topological polar surface area (TPSA) is 66.4 Å². The number of nitrogens with one attached hydrogen (secondary N) is 1. The first kappa shape index (κ1) is 25.0. The third-order valence-electron chi connectivity index (χ3n) is 9.60. The number of phenolic OH excluding ortho intramolecular Hbond substituents is 1. The summed E-state index contributed by atoms with van der Waals surface area (Å²) in [6, 6.07) is 14.3. The Hall–Kier alpha value is -2.62. The van der Waals surface area contributed by atoms with Crippen molar-refractivity contribution in [1.82, 2.24) is 5.32 Å². The van der Waals surface area contributed by atoms with Crippen LogP contribution in [0.3, 0.4) is 0 Å². The molecule has 3 aliphatic carbocycles. The molecule has 0 radical (unpaired) electrons. The third-order valence-corrected chi connectivity index (χ3v) is 9.60. The fourth-order valence-electron chi connectivity index (χ4n) is 7.86. The number of ketones is 1. The molecule has 3 aliphatic rings. The molecule has 2 saturated carbocycles. The first-order valence-corrected chi connectivity index (χ1v) is 14.1. The van der Waals surface area contributed by atoms with Gasteiger partial charge < -0.3 is 10.4 Å². The van der Waals surface area contributed by atoms with Crippen LogP contribution in [0.15, 0.2) is 42.5 Å². The third kappa shape index (κ3) is 4.71. The number of rotatable bonds is 8. The molecule has 0 heterocycles. The van der Waals surface area contributed by atoms with Crippen LogP contribution in [0.4, 0.5) is 0 Å².